The van der Waals surface area contributed by atoms with Gasteiger partial charge in [0.25, 0.3) is 5.91 Å². The fraction of sp³-hybridized carbons (Fsp3) is 0.429. The van der Waals surface area contributed by atoms with Crippen molar-refractivity contribution < 1.29 is 4.79 Å². The molecule has 0 saturated carbocycles. The van der Waals surface area contributed by atoms with Gasteiger partial charge in [0, 0.05) is 40.7 Å². The van der Waals surface area contributed by atoms with E-state index >= 15 is 0 Å². The summed E-state index contributed by atoms with van der Waals surface area (Å²) in [6.07, 6.45) is 0. The molecule has 1 heterocycles. The van der Waals surface area contributed by atoms with E-state index in [4.69, 9.17) is 5.26 Å². The molecular formula is C14H15Br2N3O. The summed E-state index contributed by atoms with van der Waals surface area (Å²) in [4.78, 5) is 16.4. The summed E-state index contributed by atoms with van der Waals surface area (Å²) >= 11 is 6.80. The van der Waals surface area contributed by atoms with Crippen LogP contribution in [0.25, 0.3) is 0 Å². The Labute approximate surface area is 135 Å². The summed E-state index contributed by atoms with van der Waals surface area (Å²) in [5, 5.41) is 8.92. The number of rotatable bonds is 2. The average Bonchev–Trinajstić information content (AvgIpc) is 2.45. The average molecular weight is 401 g/mol. The molecule has 1 unspecified atom stereocenters. The molecule has 6 heteroatoms. The standard InChI is InChI=1S/C14H15Br2N3O/c1-10(9-17)18-2-4-19(5-3-18)14(20)11-6-12(15)8-13(16)7-11/h6-8,10H,2-5H2,1H3. The number of piperazine rings is 1. The Morgan fingerprint density at radius 1 is 1.20 bits per heavy atom. The van der Waals surface area contributed by atoms with Gasteiger partial charge in [-0.3, -0.25) is 9.69 Å². The third-order valence-corrected chi connectivity index (χ3v) is 4.36. The van der Waals surface area contributed by atoms with Crippen molar-refractivity contribution >= 4 is 37.8 Å². The van der Waals surface area contributed by atoms with Gasteiger partial charge in [-0.25, -0.2) is 0 Å². The topological polar surface area (TPSA) is 47.3 Å². The summed E-state index contributed by atoms with van der Waals surface area (Å²) < 4.78 is 1.76. The normalized spacial score (nSPS) is 17.6. The molecule has 20 heavy (non-hydrogen) atoms. The Bertz CT molecular complexity index is 528. The van der Waals surface area contributed by atoms with E-state index in [0.29, 0.717) is 18.7 Å². The van der Waals surface area contributed by atoms with E-state index in [2.05, 4.69) is 42.8 Å². The number of nitriles is 1. The molecule has 1 atom stereocenters. The number of hydrogen-bond acceptors (Lipinski definition) is 3. The number of amides is 1. The predicted molar refractivity (Wildman–Crippen MR) is 84.4 cm³/mol. The van der Waals surface area contributed by atoms with Gasteiger partial charge in [0.05, 0.1) is 12.1 Å². The maximum Gasteiger partial charge on any atom is 0.254 e. The molecule has 1 aliphatic rings. The van der Waals surface area contributed by atoms with E-state index in [1.54, 1.807) is 0 Å². The molecule has 0 aliphatic carbocycles. The lowest BCUT2D eigenvalue weighted by Crippen LogP contribution is -2.51. The van der Waals surface area contributed by atoms with Crippen LogP contribution in [0.2, 0.25) is 0 Å². The minimum atomic E-state index is -0.0905. The molecule has 1 saturated heterocycles. The van der Waals surface area contributed by atoms with Crippen LogP contribution in [0.4, 0.5) is 0 Å². The number of halogens is 2. The zero-order valence-corrected chi connectivity index (χ0v) is 14.3. The molecule has 1 aromatic carbocycles. The molecule has 2 rings (SSSR count). The van der Waals surface area contributed by atoms with E-state index in [9.17, 15) is 4.79 Å². The maximum absolute atomic E-state index is 12.5. The smallest absolute Gasteiger partial charge is 0.254 e. The van der Waals surface area contributed by atoms with Gasteiger partial charge in [-0.15, -0.1) is 0 Å². The molecule has 0 spiro atoms. The van der Waals surface area contributed by atoms with Crippen LogP contribution in [-0.2, 0) is 0 Å². The Kier molecular flexibility index (Phi) is 5.19. The molecule has 1 aromatic rings. The Balaban J connectivity index is 2.03. The molecule has 1 aliphatic heterocycles. The van der Waals surface area contributed by atoms with Gasteiger partial charge in [-0.1, -0.05) is 31.9 Å². The zero-order chi connectivity index (χ0) is 14.7. The minimum absolute atomic E-state index is 0.0382. The maximum atomic E-state index is 12.5. The molecule has 4 nitrogen and oxygen atoms in total. The van der Waals surface area contributed by atoms with E-state index in [-0.39, 0.29) is 11.9 Å². The largest absolute Gasteiger partial charge is 0.336 e. The summed E-state index contributed by atoms with van der Waals surface area (Å²) in [6.45, 7) is 4.71. The number of carbonyl (C=O) groups is 1. The minimum Gasteiger partial charge on any atom is -0.336 e. The molecule has 1 fully saturated rings. The van der Waals surface area contributed by atoms with Crippen LogP contribution in [0.3, 0.4) is 0 Å². The number of nitrogens with zero attached hydrogens (tertiary/aromatic N) is 3. The van der Waals surface area contributed by atoms with Crippen LogP contribution < -0.4 is 0 Å². The van der Waals surface area contributed by atoms with Crippen molar-refractivity contribution in [3.8, 4) is 6.07 Å². The lowest BCUT2D eigenvalue weighted by Gasteiger charge is -2.35. The van der Waals surface area contributed by atoms with Crippen molar-refractivity contribution in [2.24, 2.45) is 0 Å². The second-order valence-electron chi connectivity index (χ2n) is 4.79. The van der Waals surface area contributed by atoms with Crippen molar-refractivity contribution in [1.29, 1.82) is 5.26 Å². The van der Waals surface area contributed by atoms with Crippen LogP contribution in [-0.4, -0.2) is 47.9 Å². The molecule has 0 N–H and O–H groups in total. The molecule has 0 radical (unpaired) electrons. The first-order chi connectivity index (χ1) is 9.51. The molecule has 106 valence electrons. The highest BCUT2D eigenvalue weighted by molar-refractivity contribution is 9.11. The first-order valence-corrected chi connectivity index (χ1v) is 7.99. The SMILES string of the molecule is CC(C#N)N1CCN(C(=O)c2cc(Br)cc(Br)c2)CC1. The lowest BCUT2D eigenvalue weighted by atomic mass is 10.1. The van der Waals surface area contributed by atoms with Crippen LogP contribution in [0.1, 0.15) is 17.3 Å². The molecular weight excluding hydrogens is 386 g/mol. The third-order valence-electron chi connectivity index (χ3n) is 3.45. The van der Waals surface area contributed by atoms with Gasteiger partial charge in [0.2, 0.25) is 0 Å². The fourth-order valence-electron chi connectivity index (χ4n) is 2.25. The quantitative estimate of drug-likeness (QED) is 0.766. The van der Waals surface area contributed by atoms with Crippen LogP contribution in [0, 0.1) is 11.3 Å². The zero-order valence-electron chi connectivity index (χ0n) is 11.1. The second-order valence-corrected chi connectivity index (χ2v) is 6.62. The summed E-state index contributed by atoms with van der Waals surface area (Å²) in [5.74, 6) is 0.0382. The Hall–Kier alpha value is -0.900. The van der Waals surface area contributed by atoms with Gasteiger partial charge in [0.1, 0.15) is 0 Å². The number of carbonyl (C=O) groups excluding carboxylic acids is 1. The highest BCUT2D eigenvalue weighted by atomic mass is 79.9. The van der Waals surface area contributed by atoms with Crippen LogP contribution in [0.15, 0.2) is 27.1 Å². The Morgan fingerprint density at radius 2 is 1.75 bits per heavy atom. The highest BCUT2D eigenvalue weighted by Gasteiger charge is 2.24. The van der Waals surface area contributed by atoms with Crippen LogP contribution in [0.5, 0.6) is 0 Å². The van der Waals surface area contributed by atoms with Crippen LogP contribution >= 0.6 is 31.9 Å². The van der Waals surface area contributed by atoms with Gasteiger partial charge >= 0.3 is 0 Å². The second kappa shape index (κ2) is 6.70. The molecule has 1 amide bonds. The summed E-state index contributed by atoms with van der Waals surface area (Å²) in [6, 6.07) is 7.71. The van der Waals surface area contributed by atoms with E-state index in [1.165, 1.54) is 0 Å². The number of benzene rings is 1. The van der Waals surface area contributed by atoms with E-state index < -0.39 is 0 Å². The fourth-order valence-corrected chi connectivity index (χ4v) is 3.55. The molecule has 0 aromatic heterocycles. The van der Waals surface area contributed by atoms with Gasteiger partial charge in [-0.05, 0) is 25.1 Å². The van der Waals surface area contributed by atoms with Crippen molar-refractivity contribution in [1.82, 2.24) is 9.80 Å². The van der Waals surface area contributed by atoms with Gasteiger partial charge in [0.15, 0.2) is 0 Å². The number of hydrogen-bond donors (Lipinski definition) is 0. The first-order valence-electron chi connectivity index (χ1n) is 6.40. The van der Waals surface area contributed by atoms with Gasteiger partial charge in [-0.2, -0.15) is 5.26 Å². The summed E-state index contributed by atoms with van der Waals surface area (Å²) in [5.41, 5.74) is 0.674. The highest BCUT2D eigenvalue weighted by Crippen LogP contribution is 2.21. The Morgan fingerprint density at radius 3 is 2.25 bits per heavy atom. The van der Waals surface area contributed by atoms with Crippen molar-refractivity contribution in [3.63, 3.8) is 0 Å². The predicted octanol–water partition coefficient (Wildman–Crippen LogP) is 2.88. The van der Waals surface area contributed by atoms with Crippen molar-refractivity contribution in [3.05, 3.63) is 32.7 Å². The van der Waals surface area contributed by atoms with Crippen molar-refractivity contribution in [2.75, 3.05) is 26.2 Å². The van der Waals surface area contributed by atoms with Gasteiger partial charge < -0.3 is 4.90 Å². The third kappa shape index (κ3) is 3.60. The monoisotopic (exact) mass is 399 g/mol. The lowest BCUT2D eigenvalue weighted by molar-refractivity contribution is 0.0615. The van der Waals surface area contributed by atoms with E-state index in [0.717, 1.165) is 22.0 Å². The molecule has 0 bridgehead atoms. The summed E-state index contributed by atoms with van der Waals surface area (Å²) in [7, 11) is 0. The van der Waals surface area contributed by atoms with E-state index in [1.807, 2.05) is 30.0 Å². The first kappa shape index (κ1) is 15.5. The van der Waals surface area contributed by atoms with Crippen molar-refractivity contribution in [2.45, 2.75) is 13.0 Å².